The topological polar surface area (TPSA) is 94.6 Å². The first-order chi connectivity index (χ1) is 14.5. The fourth-order valence-corrected chi connectivity index (χ4v) is 3.79. The van der Waals surface area contributed by atoms with E-state index in [-0.39, 0.29) is 22.9 Å². The summed E-state index contributed by atoms with van der Waals surface area (Å²) in [5.41, 5.74) is 1.47. The second-order valence-electron chi connectivity index (χ2n) is 5.89. The van der Waals surface area contributed by atoms with Crippen LogP contribution >= 0.6 is 22.9 Å². The minimum Gasteiger partial charge on any atom is -0.462 e. The highest BCUT2D eigenvalue weighted by Gasteiger charge is 2.24. The summed E-state index contributed by atoms with van der Waals surface area (Å²) in [6.45, 7) is 1.33. The molecule has 3 rings (SSSR count). The summed E-state index contributed by atoms with van der Waals surface area (Å²) in [5, 5.41) is 5.06. The number of aromatic nitrogens is 1. The first kappa shape index (κ1) is 21.5. The summed E-state index contributed by atoms with van der Waals surface area (Å²) < 4.78 is 10.1. The standard InChI is InChI=1S/C21H17ClN2O5S/c1-2-28-21(27)18-14(13-7-3-4-8-15(13)22)12-30-19(18)24-17(25)11-29-20(26)16-9-5-6-10-23-16/h3-10,12H,2,11H2,1H3,(H,24,25). The first-order valence-corrected chi connectivity index (χ1v) is 10.2. The van der Waals surface area contributed by atoms with Gasteiger partial charge in [-0.25, -0.2) is 14.6 Å². The number of thiophene rings is 1. The van der Waals surface area contributed by atoms with Crippen molar-refractivity contribution in [3.8, 4) is 11.1 Å². The van der Waals surface area contributed by atoms with Crippen molar-refractivity contribution in [1.82, 2.24) is 4.98 Å². The molecule has 0 aliphatic carbocycles. The lowest BCUT2D eigenvalue weighted by Gasteiger charge is -2.10. The highest BCUT2D eigenvalue weighted by atomic mass is 35.5. The number of benzene rings is 1. The number of nitrogens with zero attached hydrogens (tertiary/aromatic N) is 1. The van der Waals surface area contributed by atoms with Crippen LogP contribution in [-0.2, 0) is 14.3 Å². The maximum atomic E-state index is 12.6. The fraction of sp³-hybridized carbons (Fsp3) is 0.143. The fourth-order valence-electron chi connectivity index (χ4n) is 2.58. The van der Waals surface area contributed by atoms with Crippen LogP contribution < -0.4 is 5.32 Å². The third-order valence-corrected chi connectivity index (χ3v) is 5.12. The van der Waals surface area contributed by atoms with Gasteiger partial charge in [-0.1, -0.05) is 35.9 Å². The summed E-state index contributed by atoms with van der Waals surface area (Å²) in [5.74, 6) is -1.91. The lowest BCUT2D eigenvalue weighted by molar-refractivity contribution is -0.119. The Morgan fingerprint density at radius 2 is 1.80 bits per heavy atom. The van der Waals surface area contributed by atoms with E-state index in [1.54, 1.807) is 48.7 Å². The zero-order valence-electron chi connectivity index (χ0n) is 15.9. The summed E-state index contributed by atoms with van der Waals surface area (Å²) in [4.78, 5) is 40.7. The molecule has 0 aliphatic rings. The third-order valence-electron chi connectivity index (χ3n) is 3.90. The van der Waals surface area contributed by atoms with Gasteiger partial charge in [0.15, 0.2) is 6.61 Å². The van der Waals surface area contributed by atoms with E-state index in [4.69, 9.17) is 21.1 Å². The Kier molecular flexibility index (Phi) is 7.16. The summed E-state index contributed by atoms with van der Waals surface area (Å²) >= 11 is 7.42. The maximum absolute atomic E-state index is 12.6. The van der Waals surface area contributed by atoms with Gasteiger partial charge in [0.05, 0.1) is 6.61 Å². The third kappa shape index (κ3) is 5.03. The van der Waals surface area contributed by atoms with Gasteiger partial charge in [-0.2, -0.15) is 0 Å². The number of carbonyl (C=O) groups excluding carboxylic acids is 3. The van der Waals surface area contributed by atoms with Crippen molar-refractivity contribution in [2.75, 3.05) is 18.5 Å². The molecule has 0 bridgehead atoms. The van der Waals surface area contributed by atoms with Gasteiger partial charge in [0, 0.05) is 27.7 Å². The lowest BCUT2D eigenvalue weighted by atomic mass is 10.0. The van der Waals surface area contributed by atoms with Crippen molar-refractivity contribution >= 4 is 45.8 Å². The van der Waals surface area contributed by atoms with E-state index in [2.05, 4.69) is 10.3 Å². The van der Waals surface area contributed by atoms with E-state index < -0.39 is 24.5 Å². The lowest BCUT2D eigenvalue weighted by Crippen LogP contribution is -2.22. The van der Waals surface area contributed by atoms with Crippen LogP contribution in [0.1, 0.15) is 27.8 Å². The Hall–Kier alpha value is -3.23. The van der Waals surface area contributed by atoms with Gasteiger partial charge in [0.1, 0.15) is 16.3 Å². The maximum Gasteiger partial charge on any atom is 0.357 e. The van der Waals surface area contributed by atoms with E-state index in [0.29, 0.717) is 16.1 Å². The minimum absolute atomic E-state index is 0.0923. The van der Waals surface area contributed by atoms with Crippen molar-refractivity contribution in [2.45, 2.75) is 6.92 Å². The van der Waals surface area contributed by atoms with Crippen LogP contribution in [0, 0.1) is 0 Å². The van der Waals surface area contributed by atoms with Crippen LogP contribution in [0.4, 0.5) is 5.00 Å². The number of hydrogen-bond acceptors (Lipinski definition) is 7. The van der Waals surface area contributed by atoms with Gasteiger partial charge in [-0.3, -0.25) is 4.79 Å². The quantitative estimate of drug-likeness (QED) is 0.541. The van der Waals surface area contributed by atoms with Crippen molar-refractivity contribution in [3.05, 3.63) is 70.3 Å². The number of anilines is 1. The second kappa shape index (κ2) is 10.00. The van der Waals surface area contributed by atoms with Gasteiger partial charge < -0.3 is 14.8 Å². The van der Waals surface area contributed by atoms with Crippen LogP contribution in [0.15, 0.2) is 54.0 Å². The summed E-state index contributed by atoms with van der Waals surface area (Å²) in [6.07, 6.45) is 1.45. The SMILES string of the molecule is CCOC(=O)c1c(-c2ccccc2Cl)csc1NC(=O)COC(=O)c1ccccn1. The Morgan fingerprint density at radius 3 is 2.50 bits per heavy atom. The Balaban J connectivity index is 1.78. The highest BCUT2D eigenvalue weighted by Crippen LogP contribution is 2.39. The largest absolute Gasteiger partial charge is 0.462 e. The molecule has 0 unspecified atom stereocenters. The highest BCUT2D eigenvalue weighted by molar-refractivity contribution is 7.15. The number of amides is 1. The van der Waals surface area contributed by atoms with Gasteiger partial charge in [0.2, 0.25) is 0 Å². The Morgan fingerprint density at radius 1 is 1.03 bits per heavy atom. The average Bonchev–Trinajstić information content (AvgIpc) is 3.16. The summed E-state index contributed by atoms with van der Waals surface area (Å²) in [7, 11) is 0. The molecule has 1 amide bonds. The van der Waals surface area contributed by atoms with Crippen molar-refractivity contribution < 1.29 is 23.9 Å². The molecule has 9 heteroatoms. The molecule has 0 radical (unpaired) electrons. The van der Waals surface area contributed by atoms with Crippen molar-refractivity contribution in [3.63, 3.8) is 0 Å². The van der Waals surface area contributed by atoms with Crippen molar-refractivity contribution in [1.29, 1.82) is 0 Å². The van der Waals surface area contributed by atoms with E-state index in [9.17, 15) is 14.4 Å². The molecule has 1 N–H and O–H groups in total. The molecule has 30 heavy (non-hydrogen) atoms. The number of carbonyl (C=O) groups is 3. The first-order valence-electron chi connectivity index (χ1n) is 8.92. The average molecular weight is 445 g/mol. The molecule has 0 spiro atoms. The molecule has 1 aromatic carbocycles. The predicted octanol–water partition coefficient (Wildman–Crippen LogP) is 4.44. The number of hydrogen-bond donors (Lipinski definition) is 1. The van der Waals surface area contributed by atoms with Gasteiger partial charge in [-0.05, 0) is 25.1 Å². The smallest absolute Gasteiger partial charge is 0.357 e. The molecule has 0 saturated carbocycles. The molecule has 7 nitrogen and oxygen atoms in total. The molecular weight excluding hydrogens is 428 g/mol. The van der Waals surface area contributed by atoms with Crippen molar-refractivity contribution in [2.24, 2.45) is 0 Å². The van der Waals surface area contributed by atoms with E-state index in [1.807, 2.05) is 0 Å². The number of pyridine rings is 1. The molecule has 0 fully saturated rings. The molecule has 154 valence electrons. The molecule has 0 aliphatic heterocycles. The summed E-state index contributed by atoms with van der Waals surface area (Å²) in [6, 6.07) is 11.8. The van der Waals surface area contributed by atoms with Crippen LogP contribution in [-0.4, -0.2) is 36.0 Å². The molecule has 0 saturated heterocycles. The number of nitrogens with one attached hydrogen (secondary N) is 1. The van der Waals surface area contributed by atoms with Crippen LogP contribution in [0.25, 0.3) is 11.1 Å². The number of rotatable bonds is 7. The second-order valence-corrected chi connectivity index (χ2v) is 7.18. The Labute approximate surface area is 181 Å². The zero-order chi connectivity index (χ0) is 21.5. The molecule has 2 heterocycles. The molecule has 2 aromatic heterocycles. The number of halogens is 1. The van der Waals surface area contributed by atoms with Gasteiger partial charge >= 0.3 is 11.9 Å². The van der Waals surface area contributed by atoms with E-state index in [0.717, 1.165) is 11.3 Å². The molecule has 3 aromatic rings. The number of ether oxygens (including phenoxy) is 2. The predicted molar refractivity (Wildman–Crippen MR) is 114 cm³/mol. The van der Waals surface area contributed by atoms with E-state index >= 15 is 0 Å². The number of esters is 2. The monoisotopic (exact) mass is 444 g/mol. The van der Waals surface area contributed by atoms with Crippen LogP contribution in [0.5, 0.6) is 0 Å². The van der Waals surface area contributed by atoms with Crippen LogP contribution in [0.2, 0.25) is 5.02 Å². The molecule has 0 atom stereocenters. The zero-order valence-corrected chi connectivity index (χ0v) is 17.5. The molecular formula is C21H17ClN2O5S. The van der Waals surface area contributed by atoms with Crippen LogP contribution in [0.3, 0.4) is 0 Å². The van der Waals surface area contributed by atoms with E-state index in [1.165, 1.54) is 12.3 Å². The normalized spacial score (nSPS) is 10.3. The Bertz CT molecular complexity index is 1070. The van der Waals surface area contributed by atoms with Gasteiger partial charge in [0.25, 0.3) is 5.91 Å². The van der Waals surface area contributed by atoms with Gasteiger partial charge in [-0.15, -0.1) is 11.3 Å². The minimum atomic E-state index is -0.723.